The highest BCUT2D eigenvalue weighted by molar-refractivity contribution is 5.35. The predicted octanol–water partition coefficient (Wildman–Crippen LogP) is 6.77. The molecule has 3 saturated carbocycles. The van der Waals surface area contributed by atoms with Gasteiger partial charge >= 0.3 is 0 Å². The highest BCUT2D eigenvalue weighted by Gasteiger charge is 2.30. The Balaban J connectivity index is 1.23. The van der Waals surface area contributed by atoms with E-state index >= 15 is 0 Å². The topological polar surface area (TPSA) is 18.5 Å². The van der Waals surface area contributed by atoms with Gasteiger partial charge in [0.25, 0.3) is 0 Å². The van der Waals surface area contributed by atoms with Gasteiger partial charge in [0.05, 0.1) is 13.2 Å². The zero-order chi connectivity index (χ0) is 19.5. The highest BCUT2D eigenvalue weighted by atomic mass is 19.2. The Kier molecular flexibility index (Phi) is 6.42. The van der Waals surface area contributed by atoms with Crippen molar-refractivity contribution < 1.29 is 18.3 Å². The largest absolute Gasteiger partial charge is 0.490 e. The summed E-state index contributed by atoms with van der Waals surface area (Å²) < 4.78 is 39.6. The van der Waals surface area contributed by atoms with E-state index < -0.39 is 11.6 Å². The molecule has 0 spiro atoms. The summed E-state index contributed by atoms with van der Waals surface area (Å²) in [5, 5.41) is 0. The third kappa shape index (κ3) is 4.99. The standard InChI is InChI=1S/C24H34F2O2/c1-16-2-8-19(9-3-16)20-10-6-18(7-11-20)15-28-22-13-12-21(23(25)24(22)26)27-14-17-4-5-17/h12-13,16-20H,2-11,14-15H2,1H3. The van der Waals surface area contributed by atoms with Crippen molar-refractivity contribution in [1.29, 1.82) is 0 Å². The smallest absolute Gasteiger partial charge is 0.204 e. The minimum absolute atomic E-state index is 0.000872. The van der Waals surface area contributed by atoms with Gasteiger partial charge in [-0.2, -0.15) is 8.78 Å². The van der Waals surface area contributed by atoms with Gasteiger partial charge in [-0.15, -0.1) is 0 Å². The van der Waals surface area contributed by atoms with Crippen LogP contribution in [0, 0.1) is 41.2 Å². The van der Waals surface area contributed by atoms with E-state index in [4.69, 9.17) is 9.47 Å². The molecule has 0 amide bonds. The molecule has 28 heavy (non-hydrogen) atoms. The Morgan fingerprint density at radius 1 is 0.679 bits per heavy atom. The quantitative estimate of drug-likeness (QED) is 0.510. The van der Waals surface area contributed by atoms with Crippen LogP contribution in [0.15, 0.2) is 12.1 Å². The van der Waals surface area contributed by atoms with Crippen molar-refractivity contribution in [3.8, 4) is 11.5 Å². The Morgan fingerprint density at radius 3 is 1.50 bits per heavy atom. The average molecular weight is 393 g/mol. The molecule has 0 heterocycles. The van der Waals surface area contributed by atoms with E-state index in [1.807, 2.05) is 0 Å². The van der Waals surface area contributed by atoms with E-state index in [0.717, 1.165) is 43.4 Å². The first-order chi connectivity index (χ1) is 13.6. The van der Waals surface area contributed by atoms with Crippen LogP contribution in [0.25, 0.3) is 0 Å². The van der Waals surface area contributed by atoms with Crippen LogP contribution in [0.4, 0.5) is 8.78 Å². The monoisotopic (exact) mass is 392 g/mol. The third-order valence-electron chi connectivity index (χ3n) is 7.28. The summed E-state index contributed by atoms with van der Waals surface area (Å²) in [6, 6.07) is 3.01. The molecule has 1 aromatic carbocycles. The molecule has 4 heteroatoms. The van der Waals surface area contributed by atoms with E-state index in [1.165, 1.54) is 50.7 Å². The van der Waals surface area contributed by atoms with Gasteiger partial charge in [-0.1, -0.05) is 19.8 Å². The van der Waals surface area contributed by atoms with Crippen LogP contribution >= 0.6 is 0 Å². The van der Waals surface area contributed by atoms with E-state index in [0.29, 0.717) is 25.0 Å². The summed E-state index contributed by atoms with van der Waals surface area (Å²) in [4.78, 5) is 0. The fraction of sp³-hybridized carbons (Fsp3) is 0.750. The van der Waals surface area contributed by atoms with Crippen LogP contribution in [0.3, 0.4) is 0 Å². The first-order valence-corrected chi connectivity index (χ1v) is 11.3. The Bertz CT molecular complexity index is 642. The summed E-state index contributed by atoms with van der Waals surface area (Å²) >= 11 is 0. The third-order valence-corrected chi connectivity index (χ3v) is 7.28. The molecule has 2 nitrogen and oxygen atoms in total. The minimum Gasteiger partial charge on any atom is -0.490 e. The van der Waals surface area contributed by atoms with Gasteiger partial charge in [0.2, 0.25) is 11.6 Å². The van der Waals surface area contributed by atoms with Gasteiger partial charge in [0.15, 0.2) is 11.5 Å². The molecule has 1 aromatic rings. The number of halogens is 2. The van der Waals surface area contributed by atoms with Crippen molar-refractivity contribution >= 4 is 0 Å². The number of ether oxygens (including phenoxy) is 2. The van der Waals surface area contributed by atoms with E-state index in [-0.39, 0.29) is 11.5 Å². The van der Waals surface area contributed by atoms with Gasteiger partial charge in [0.1, 0.15) is 0 Å². The first kappa shape index (κ1) is 20.0. The molecule has 0 N–H and O–H groups in total. The van der Waals surface area contributed by atoms with Crippen LogP contribution in [-0.4, -0.2) is 13.2 Å². The molecular weight excluding hydrogens is 358 g/mol. The Morgan fingerprint density at radius 2 is 1.07 bits per heavy atom. The van der Waals surface area contributed by atoms with Gasteiger partial charge in [-0.25, -0.2) is 0 Å². The van der Waals surface area contributed by atoms with Crippen LogP contribution < -0.4 is 9.47 Å². The lowest BCUT2D eigenvalue weighted by Gasteiger charge is -2.37. The lowest BCUT2D eigenvalue weighted by atomic mass is 9.69. The second-order valence-electron chi connectivity index (χ2n) is 9.56. The van der Waals surface area contributed by atoms with E-state index in [1.54, 1.807) is 0 Å². The fourth-order valence-electron chi connectivity index (χ4n) is 5.02. The minimum atomic E-state index is -0.923. The summed E-state index contributed by atoms with van der Waals surface area (Å²) in [6.07, 6.45) is 12.6. The van der Waals surface area contributed by atoms with Crippen molar-refractivity contribution in [3.63, 3.8) is 0 Å². The lowest BCUT2D eigenvalue weighted by molar-refractivity contribution is 0.124. The maximum atomic E-state index is 14.3. The molecule has 3 aliphatic carbocycles. The SMILES string of the molecule is CC1CCC(C2CCC(COc3ccc(OCC4CC4)c(F)c3F)CC2)CC1. The van der Waals surface area contributed by atoms with Crippen LogP contribution in [0.2, 0.25) is 0 Å². The van der Waals surface area contributed by atoms with Crippen LogP contribution in [0.5, 0.6) is 11.5 Å². The Labute approximate surface area is 168 Å². The van der Waals surface area contributed by atoms with Gasteiger partial charge in [0, 0.05) is 0 Å². The molecule has 156 valence electrons. The number of hydrogen-bond acceptors (Lipinski definition) is 2. The molecule has 0 aromatic heterocycles. The normalized spacial score (nSPS) is 30.8. The zero-order valence-corrected chi connectivity index (χ0v) is 17.1. The lowest BCUT2D eigenvalue weighted by Crippen LogP contribution is -2.27. The molecule has 0 bridgehead atoms. The zero-order valence-electron chi connectivity index (χ0n) is 17.1. The van der Waals surface area contributed by atoms with Crippen molar-refractivity contribution in [2.75, 3.05) is 13.2 Å². The molecule has 0 unspecified atom stereocenters. The summed E-state index contributed by atoms with van der Waals surface area (Å²) in [5.74, 6) is 1.80. The number of hydrogen-bond donors (Lipinski definition) is 0. The first-order valence-electron chi connectivity index (χ1n) is 11.3. The highest BCUT2D eigenvalue weighted by Crippen LogP contribution is 2.41. The fourth-order valence-corrected chi connectivity index (χ4v) is 5.02. The molecule has 4 rings (SSSR count). The maximum absolute atomic E-state index is 14.3. The molecule has 0 atom stereocenters. The van der Waals surface area contributed by atoms with Gasteiger partial charge in [-0.05, 0) is 93.1 Å². The average Bonchev–Trinajstić information content (AvgIpc) is 3.54. The predicted molar refractivity (Wildman–Crippen MR) is 107 cm³/mol. The summed E-state index contributed by atoms with van der Waals surface area (Å²) in [7, 11) is 0. The second-order valence-corrected chi connectivity index (χ2v) is 9.56. The molecule has 3 aliphatic rings. The van der Waals surface area contributed by atoms with Crippen molar-refractivity contribution in [2.45, 2.75) is 71.1 Å². The van der Waals surface area contributed by atoms with Crippen molar-refractivity contribution in [1.82, 2.24) is 0 Å². The van der Waals surface area contributed by atoms with E-state index in [2.05, 4.69) is 6.92 Å². The maximum Gasteiger partial charge on any atom is 0.204 e. The van der Waals surface area contributed by atoms with Crippen molar-refractivity contribution in [3.05, 3.63) is 23.8 Å². The van der Waals surface area contributed by atoms with Crippen LogP contribution in [-0.2, 0) is 0 Å². The number of rotatable bonds is 7. The molecule has 0 saturated heterocycles. The molecular formula is C24H34F2O2. The summed E-state index contributed by atoms with van der Waals surface area (Å²) in [6.45, 7) is 3.32. The molecule has 0 radical (unpaired) electrons. The van der Waals surface area contributed by atoms with Gasteiger partial charge < -0.3 is 9.47 Å². The molecule has 0 aliphatic heterocycles. The Hall–Kier alpha value is -1.32. The second kappa shape index (κ2) is 9.00. The summed E-state index contributed by atoms with van der Waals surface area (Å²) in [5.41, 5.74) is 0. The van der Waals surface area contributed by atoms with Crippen LogP contribution in [0.1, 0.15) is 71.1 Å². The van der Waals surface area contributed by atoms with E-state index in [9.17, 15) is 8.78 Å². The molecule has 3 fully saturated rings. The van der Waals surface area contributed by atoms with Crippen molar-refractivity contribution in [2.24, 2.45) is 29.6 Å². The number of benzene rings is 1. The van der Waals surface area contributed by atoms with Gasteiger partial charge in [-0.3, -0.25) is 0 Å².